The van der Waals surface area contributed by atoms with Crippen molar-refractivity contribution in [2.24, 2.45) is 0 Å². The van der Waals surface area contributed by atoms with Gasteiger partial charge in [0.15, 0.2) is 5.13 Å². The van der Waals surface area contributed by atoms with E-state index < -0.39 is 0 Å². The van der Waals surface area contributed by atoms with Crippen molar-refractivity contribution in [3.05, 3.63) is 29.0 Å². The molecule has 2 aliphatic rings. The van der Waals surface area contributed by atoms with E-state index in [1.165, 1.54) is 11.3 Å². The summed E-state index contributed by atoms with van der Waals surface area (Å²) in [4.78, 5) is 30.2. The van der Waals surface area contributed by atoms with Crippen LogP contribution in [0.25, 0.3) is 0 Å². The SMILES string of the molecule is COC1CCN(C(=O)c2csc(Nc3nccc(C4CCCN(CC#N)C4)n3)n2)CC1. The average Bonchev–Trinajstić information content (AvgIpc) is 3.28. The predicted octanol–water partition coefficient (Wildman–Crippen LogP) is 2.63. The second-order valence-corrected chi connectivity index (χ2v) is 8.79. The molecule has 0 aromatic carbocycles. The molecule has 9 nitrogen and oxygen atoms in total. The lowest BCUT2D eigenvalue weighted by Gasteiger charge is -2.30. The molecule has 1 atom stereocenters. The van der Waals surface area contributed by atoms with Crippen LogP contribution in [0.3, 0.4) is 0 Å². The number of hydrogen-bond acceptors (Lipinski definition) is 9. The van der Waals surface area contributed by atoms with Gasteiger partial charge in [0.1, 0.15) is 5.69 Å². The second kappa shape index (κ2) is 10.1. The first-order chi connectivity index (χ1) is 15.2. The molecule has 2 aromatic heterocycles. The Kier molecular flexibility index (Phi) is 7.06. The zero-order valence-electron chi connectivity index (χ0n) is 17.7. The first kappa shape index (κ1) is 21.6. The molecular formula is C21H27N7O2S. The Morgan fingerprint density at radius 2 is 2.16 bits per heavy atom. The Balaban J connectivity index is 1.38. The van der Waals surface area contributed by atoms with Crippen LogP contribution in [0, 0.1) is 11.3 Å². The highest BCUT2D eigenvalue weighted by Gasteiger charge is 2.25. The fourth-order valence-corrected chi connectivity index (χ4v) is 4.86. The summed E-state index contributed by atoms with van der Waals surface area (Å²) in [7, 11) is 1.72. The summed E-state index contributed by atoms with van der Waals surface area (Å²) in [6, 6.07) is 4.17. The lowest BCUT2D eigenvalue weighted by molar-refractivity contribution is 0.0348. The number of likely N-dealkylation sites (tertiary alicyclic amines) is 2. The molecule has 2 saturated heterocycles. The van der Waals surface area contributed by atoms with Crippen molar-refractivity contribution in [2.75, 3.05) is 45.2 Å². The van der Waals surface area contributed by atoms with E-state index in [4.69, 9.17) is 10.00 Å². The standard InChI is InChI=1S/C21H27N7O2S/c1-30-16-5-10-28(11-6-16)19(29)18-14-31-21(25-18)26-20-23-8-4-17(24-20)15-3-2-9-27(13-15)12-7-22/h4,8,14-16H,2-3,5-6,9-13H2,1H3,(H,23,24,25,26). The highest BCUT2D eigenvalue weighted by atomic mass is 32.1. The van der Waals surface area contributed by atoms with E-state index >= 15 is 0 Å². The number of carbonyl (C=O) groups excluding carboxylic acids is 1. The van der Waals surface area contributed by atoms with E-state index in [1.54, 1.807) is 18.7 Å². The normalized spacial score (nSPS) is 20.4. The average molecular weight is 442 g/mol. The van der Waals surface area contributed by atoms with Crippen LogP contribution < -0.4 is 5.32 Å². The lowest BCUT2D eigenvalue weighted by atomic mass is 9.94. The number of methoxy groups -OCH3 is 1. The van der Waals surface area contributed by atoms with E-state index in [0.717, 1.165) is 44.5 Å². The Morgan fingerprint density at radius 3 is 2.94 bits per heavy atom. The Hall–Kier alpha value is -2.61. The van der Waals surface area contributed by atoms with Crippen molar-refractivity contribution in [1.82, 2.24) is 24.8 Å². The van der Waals surface area contributed by atoms with E-state index in [9.17, 15) is 4.79 Å². The molecule has 2 fully saturated rings. The number of carbonyl (C=O) groups is 1. The van der Waals surface area contributed by atoms with Gasteiger partial charge in [0.25, 0.3) is 5.91 Å². The van der Waals surface area contributed by atoms with Crippen molar-refractivity contribution >= 4 is 28.3 Å². The molecule has 0 spiro atoms. The first-order valence-corrected chi connectivity index (χ1v) is 11.5. The molecular weight excluding hydrogens is 414 g/mol. The molecule has 164 valence electrons. The molecule has 0 bridgehead atoms. The van der Waals surface area contributed by atoms with Gasteiger partial charge in [-0.1, -0.05) is 0 Å². The van der Waals surface area contributed by atoms with Gasteiger partial charge in [0.2, 0.25) is 5.95 Å². The number of amides is 1. The maximum Gasteiger partial charge on any atom is 0.273 e. The lowest BCUT2D eigenvalue weighted by Crippen LogP contribution is -2.40. The van der Waals surface area contributed by atoms with Gasteiger partial charge in [-0.15, -0.1) is 11.3 Å². The van der Waals surface area contributed by atoms with Crippen molar-refractivity contribution in [3.63, 3.8) is 0 Å². The summed E-state index contributed by atoms with van der Waals surface area (Å²) in [5.74, 6) is 0.714. The van der Waals surface area contributed by atoms with Gasteiger partial charge in [0.05, 0.1) is 24.4 Å². The van der Waals surface area contributed by atoms with Gasteiger partial charge >= 0.3 is 0 Å². The zero-order chi connectivity index (χ0) is 21.6. The monoisotopic (exact) mass is 441 g/mol. The van der Waals surface area contributed by atoms with Crippen LogP contribution in [0.2, 0.25) is 0 Å². The number of rotatable bonds is 6. The summed E-state index contributed by atoms with van der Waals surface area (Å²) >= 11 is 1.37. The number of hydrogen-bond donors (Lipinski definition) is 1. The van der Waals surface area contributed by atoms with Gasteiger partial charge in [0, 0.05) is 44.2 Å². The van der Waals surface area contributed by atoms with Gasteiger partial charge in [-0.05, 0) is 38.3 Å². The molecule has 4 heterocycles. The summed E-state index contributed by atoms with van der Waals surface area (Å²) in [5, 5.41) is 14.5. The molecule has 2 aromatic rings. The molecule has 4 rings (SSSR count). The third-order valence-electron chi connectivity index (χ3n) is 5.90. The maximum absolute atomic E-state index is 12.7. The van der Waals surface area contributed by atoms with Crippen LogP contribution in [0.1, 0.15) is 47.8 Å². The summed E-state index contributed by atoms with van der Waals surface area (Å²) in [5.41, 5.74) is 1.41. The number of piperidine rings is 2. The third kappa shape index (κ3) is 5.36. The van der Waals surface area contributed by atoms with Crippen LogP contribution in [-0.2, 0) is 4.74 Å². The van der Waals surface area contributed by atoms with Crippen molar-refractivity contribution in [3.8, 4) is 6.07 Å². The Bertz CT molecular complexity index is 936. The van der Waals surface area contributed by atoms with Crippen LogP contribution >= 0.6 is 11.3 Å². The quantitative estimate of drug-likeness (QED) is 0.682. The Morgan fingerprint density at radius 1 is 1.32 bits per heavy atom. The molecule has 10 heteroatoms. The van der Waals surface area contributed by atoms with Gasteiger partial charge in [-0.25, -0.2) is 15.0 Å². The number of ether oxygens (including phenoxy) is 1. The van der Waals surface area contributed by atoms with Crippen LogP contribution in [0.5, 0.6) is 0 Å². The zero-order valence-corrected chi connectivity index (χ0v) is 18.5. The number of anilines is 2. The molecule has 1 amide bonds. The smallest absolute Gasteiger partial charge is 0.273 e. The van der Waals surface area contributed by atoms with Crippen LogP contribution in [-0.4, -0.2) is 76.6 Å². The topological polar surface area (TPSA) is 107 Å². The number of nitriles is 1. The molecule has 0 aliphatic carbocycles. The molecule has 0 radical (unpaired) electrons. The van der Waals surface area contributed by atoms with Crippen molar-refractivity contribution in [1.29, 1.82) is 5.26 Å². The summed E-state index contributed by atoms with van der Waals surface area (Å²) in [6.45, 7) is 3.62. The molecule has 2 aliphatic heterocycles. The van der Waals surface area contributed by atoms with Gasteiger partial charge in [-0.3, -0.25) is 9.69 Å². The highest BCUT2D eigenvalue weighted by molar-refractivity contribution is 7.14. The number of aromatic nitrogens is 3. The van der Waals surface area contributed by atoms with E-state index in [-0.39, 0.29) is 17.9 Å². The fraction of sp³-hybridized carbons (Fsp3) is 0.571. The predicted molar refractivity (Wildman–Crippen MR) is 117 cm³/mol. The van der Waals surface area contributed by atoms with Gasteiger partial charge in [-0.2, -0.15) is 5.26 Å². The summed E-state index contributed by atoms with van der Waals surface area (Å²) in [6.07, 6.45) is 5.79. The van der Waals surface area contributed by atoms with E-state index in [2.05, 4.69) is 31.2 Å². The fourth-order valence-electron chi connectivity index (χ4n) is 4.18. The molecule has 1 N–H and O–H groups in total. The van der Waals surface area contributed by atoms with Crippen molar-refractivity contribution < 1.29 is 9.53 Å². The Labute approximate surface area is 186 Å². The van der Waals surface area contributed by atoms with E-state index in [1.807, 2.05) is 11.0 Å². The molecule has 0 saturated carbocycles. The van der Waals surface area contributed by atoms with Crippen LogP contribution in [0.4, 0.5) is 11.1 Å². The second-order valence-electron chi connectivity index (χ2n) is 7.93. The maximum atomic E-state index is 12.7. The number of nitrogens with zero attached hydrogens (tertiary/aromatic N) is 6. The van der Waals surface area contributed by atoms with Crippen LogP contribution in [0.15, 0.2) is 17.6 Å². The summed E-state index contributed by atoms with van der Waals surface area (Å²) < 4.78 is 5.37. The minimum atomic E-state index is -0.0479. The van der Waals surface area contributed by atoms with Crippen molar-refractivity contribution in [2.45, 2.75) is 37.7 Å². The van der Waals surface area contributed by atoms with E-state index in [0.29, 0.717) is 36.4 Å². The number of nitrogens with one attached hydrogen (secondary N) is 1. The third-order valence-corrected chi connectivity index (χ3v) is 6.66. The first-order valence-electron chi connectivity index (χ1n) is 10.6. The minimum Gasteiger partial charge on any atom is -0.381 e. The highest BCUT2D eigenvalue weighted by Crippen LogP contribution is 2.27. The minimum absolute atomic E-state index is 0.0479. The molecule has 31 heavy (non-hydrogen) atoms. The largest absolute Gasteiger partial charge is 0.381 e. The molecule has 1 unspecified atom stereocenters. The number of thiazole rings is 1. The van der Waals surface area contributed by atoms with Gasteiger partial charge < -0.3 is 15.0 Å².